The Morgan fingerprint density at radius 2 is 1.78 bits per heavy atom. The normalized spacial score (nSPS) is 11.3. The van der Waals surface area contributed by atoms with Crippen LogP contribution in [0, 0.1) is 5.92 Å². The first kappa shape index (κ1) is 11.6. The molecule has 0 saturated heterocycles. The quantitative estimate of drug-likeness (QED) is 0.443. The SMILES string of the molecule is CC(=O)C(C)C(=O)[O-].[Ag+]. The van der Waals surface area contributed by atoms with Crippen LogP contribution in [0.1, 0.15) is 13.8 Å². The number of carboxylic acid groups (broad SMARTS) is 1. The number of ketones is 1. The maximum atomic E-state index is 10.2. The minimum Gasteiger partial charge on any atom is -0.549 e. The maximum absolute atomic E-state index is 10.2. The number of rotatable bonds is 2. The second kappa shape index (κ2) is 4.73. The minimum absolute atomic E-state index is 0. The van der Waals surface area contributed by atoms with Gasteiger partial charge in [-0.05, 0) is 6.92 Å². The number of aliphatic carboxylic acids is 1. The molecule has 0 aliphatic carbocycles. The van der Waals surface area contributed by atoms with Crippen molar-refractivity contribution in [2.24, 2.45) is 5.92 Å². The van der Waals surface area contributed by atoms with Gasteiger partial charge in [-0.3, -0.25) is 4.79 Å². The summed E-state index contributed by atoms with van der Waals surface area (Å²) in [5.41, 5.74) is 0. The molecule has 0 saturated carbocycles. The van der Waals surface area contributed by atoms with Crippen molar-refractivity contribution in [3.05, 3.63) is 0 Å². The fourth-order valence-electron chi connectivity index (χ4n) is 0.166. The van der Waals surface area contributed by atoms with Crippen LogP contribution in [0.3, 0.4) is 0 Å². The van der Waals surface area contributed by atoms with Crippen molar-refractivity contribution in [3.63, 3.8) is 0 Å². The van der Waals surface area contributed by atoms with E-state index in [1.54, 1.807) is 0 Å². The van der Waals surface area contributed by atoms with Crippen molar-refractivity contribution in [3.8, 4) is 0 Å². The van der Waals surface area contributed by atoms with E-state index in [0.717, 1.165) is 0 Å². The Bertz CT molecular complexity index is 107. The fraction of sp³-hybridized carbons (Fsp3) is 0.600. The van der Waals surface area contributed by atoms with Gasteiger partial charge in [0.25, 0.3) is 0 Å². The Balaban J connectivity index is 0. The van der Waals surface area contributed by atoms with E-state index >= 15 is 0 Å². The van der Waals surface area contributed by atoms with Crippen LogP contribution in [0.4, 0.5) is 0 Å². The molecule has 0 heterocycles. The Morgan fingerprint density at radius 1 is 1.44 bits per heavy atom. The van der Waals surface area contributed by atoms with Gasteiger partial charge in [0.2, 0.25) is 0 Å². The van der Waals surface area contributed by atoms with Crippen LogP contribution in [0.2, 0.25) is 0 Å². The van der Waals surface area contributed by atoms with Gasteiger partial charge >= 0.3 is 22.4 Å². The smallest absolute Gasteiger partial charge is 0.549 e. The van der Waals surface area contributed by atoms with E-state index < -0.39 is 11.9 Å². The summed E-state index contributed by atoms with van der Waals surface area (Å²) in [5.74, 6) is -2.64. The van der Waals surface area contributed by atoms with Gasteiger partial charge < -0.3 is 9.90 Å². The third-order valence-electron chi connectivity index (χ3n) is 0.963. The molecule has 0 rings (SSSR count). The van der Waals surface area contributed by atoms with E-state index in [1.165, 1.54) is 13.8 Å². The number of carbonyl (C=O) groups excluding carboxylic acids is 2. The number of hydrogen-bond acceptors (Lipinski definition) is 3. The first-order valence-electron chi connectivity index (χ1n) is 2.27. The molecule has 0 aliphatic rings. The van der Waals surface area contributed by atoms with Crippen LogP contribution in [-0.4, -0.2) is 11.8 Å². The van der Waals surface area contributed by atoms with Crippen LogP contribution in [-0.2, 0) is 32.0 Å². The van der Waals surface area contributed by atoms with Crippen molar-refractivity contribution < 1.29 is 37.1 Å². The molecule has 0 radical (unpaired) electrons. The zero-order valence-corrected chi connectivity index (χ0v) is 6.59. The fourth-order valence-corrected chi connectivity index (χ4v) is 0.166. The summed E-state index contributed by atoms with van der Waals surface area (Å²) in [5, 5.41) is 9.81. The van der Waals surface area contributed by atoms with Crippen molar-refractivity contribution in [2.75, 3.05) is 0 Å². The Kier molecular flexibility index (Phi) is 6.12. The number of carboxylic acids is 1. The Morgan fingerprint density at radius 3 is 1.78 bits per heavy atom. The topological polar surface area (TPSA) is 57.2 Å². The predicted molar refractivity (Wildman–Crippen MR) is 24.9 cm³/mol. The van der Waals surface area contributed by atoms with Gasteiger partial charge in [-0.15, -0.1) is 0 Å². The molecule has 1 atom stereocenters. The van der Waals surface area contributed by atoms with Crippen LogP contribution in [0.5, 0.6) is 0 Å². The molecular weight excluding hydrogens is 216 g/mol. The number of hydrogen-bond donors (Lipinski definition) is 0. The molecule has 0 aromatic carbocycles. The third kappa shape index (κ3) is 4.39. The van der Waals surface area contributed by atoms with Crippen molar-refractivity contribution in [1.82, 2.24) is 0 Å². The van der Waals surface area contributed by atoms with Gasteiger partial charge in [0.15, 0.2) is 0 Å². The second-order valence-corrected chi connectivity index (χ2v) is 1.65. The summed E-state index contributed by atoms with van der Waals surface area (Å²) in [6.07, 6.45) is 0. The van der Waals surface area contributed by atoms with E-state index in [0.29, 0.717) is 0 Å². The first-order chi connectivity index (χ1) is 3.55. The number of Topliss-reactive ketones (excluding diaryl/α,β-unsaturated/α-hetero) is 1. The molecular formula is C5H7AgO3. The van der Waals surface area contributed by atoms with Gasteiger partial charge in [0.1, 0.15) is 5.78 Å². The standard InChI is InChI=1S/C5H8O3.Ag/c1-3(4(2)6)5(7)8;/h3H,1-2H3,(H,7,8);/q;+1/p-1. The average molecular weight is 223 g/mol. The van der Waals surface area contributed by atoms with Crippen molar-refractivity contribution in [2.45, 2.75) is 13.8 Å². The van der Waals surface area contributed by atoms with Crippen molar-refractivity contribution >= 4 is 11.8 Å². The molecule has 0 spiro atoms. The van der Waals surface area contributed by atoms with E-state index in [4.69, 9.17) is 0 Å². The molecule has 0 aliphatic heterocycles. The van der Waals surface area contributed by atoms with Crippen LogP contribution in [0.25, 0.3) is 0 Å². The molecule has 3 nitrogen and oxygen atoms in total. The van der Waals surface area contributed by atoms with Gasteiger partial charge in [-0.1, -0.05) is 6.92 Å². The monoisotopic (exact) mass is 222 g/mol. The van der Waals surface area contributed by atoms with Gasteiger partial charge in [-0.25, -0.2) is 0 Å². The van der Waals surface area contributed by atoms with E-state index in [1.807, 2.05) is 0 Å². The summed E-state index contributed by atoms with van der Waals surface area (Å²) in [4.78, 5) is 20.0. The molecule has 0 amide bonds. The second-order valence-electron chi connectivity index (χ2n) is 1.65. The average Bonchev–Trinajstić information content (AvgIpc) is 1.64. The van der Waals surface area contributed by atoms with Crippen LogP contribution < -0.4 is 5.11 Å². The number of carbonyl (C=O) groups is 2. The molecule has 1 unspecified atom stereocenters. The Hall–Kier alpha value is -0.120. The van der Waals surface area contributed by atoms with Crippen molar-refractivity contribution in [1.29, 1.82) is 0 Å². The summed E-state index contributed by atoms with van der Waals surface area (Å²) in [6, 6.07) is 0. The molecule has 0 bridgehead atoms. The molecule has 4 heteroatoms. The van der Waals surface area contributed by atoms with Gasteiger partial charge in [0, 0.05) is 0 Å². The summed E-state index contributed by atoms with van der Waals surface area (Å²) in [6.45, 7) is 2.53. The third-order valence-corrected chi connectivity index (χ3v) is 0.963. The van der Waals surface area contributed by atoms with Crippen LogP contribution >= 0.6 is 0 Å². The molecule has 0 N–H and O–H groups in total. The summed E-state index contributed by atoms with van der Waals surface area (Å²) < 4.78 is 0. The first-order valence-corrected chi connectivity index (χ1v) is 2.27. The van der Waals surface area contributed by atoms with E-state index in [9.17, 15) is 14.7 Å². The maximum Gasteiger partial charge on any atom is 1.00 e. The molecule has 0 aromatic heterocycles. The summed E-state index contributed by atoms with van der Waals surface area (Å²) in [7, 11) is 0. The Labute approximate surface area is 68.9 Å². The molecule has 0 aromatic rings. The molecule has 56 valence electrons. The van der Waals surface area contributed by atoms with Crippen LogP contribution in [0.15, 0.2) is 0 Å². The summed E-state index contributed by atoms with van der Waals surface area (Å²) >= 11 is 0. The minimum atomic E-state index is -1.31. The predicted octanol–water partition coefficient (Wildman–Crippen LogP) is -1.04. The van der Waals surface area contributed by atoms with Gasteiger partial charge in [-0.2, -0.15) is 0 Å². The zero-order valence-electron chi connectivity index (χ0n) is 5.10. The largest absolute Gasteiger partial charge is 1.00 e. The van der Waals surface area contributed by atoms with E-state index in [-0.39, 0.29) is 28.2 Å². The molecule has 0 fully saturated rings. The molecule has 9 heavy (non-hydrogen) atoms. The van der Waals surface area contributed by atoms with E-state index in [2.05, 4.69) is 0 Å². The van der Waals surface area contributed by atoms with Gasteiger partial charge in [0.05, 0.1) is 11.9 Å². The zero-order chi connectivity index (χ0) is 6.73.